The van der Waals surface area contributed by atoms with E-state index in [1.165, 1.54) is 35.6 Å². The average molecular weight is 276 g/mol. The molecule has 1 nitrogen and oxygen atoms in total. The van der Waals surface area contributed by atoms with Gasteiger partial charge in [0.1, 0.15) is 5.78 Å². The van der Waals surface area contributed by atoms with Crippen LogP contribution in [-0.2, 0) is 11.2 Å². The van der Waals surface area contributed by atoms with E-state index in [9.17, 15) is 4.79 Å². The zero-order valence-electron chi connectivity index (χ0n) is 12.2. The van der Waals surface area contributed by atoms with Crippen LogP contribution in [0.15, 0.2) is 42.5 Å². The number of carbonyl (C=O) groups is 1. The van der Waals surface area contributed by atoms with Gasteiger partial charge in [-0.25, -0.2) is 0 Å². The fourth-order valence-electron chi connectivity index (χ4n) is 5.51. The van der Waals surface area contributed by atoms with Gasteiger partial charge in [0.25, 0.3) is 0 Å². The Morgan fingerprint density at radius 1 is 0.952 bits per heavy atom. The Morgan fingerprint density at radius 3 is 2.48 bits per heavy atom. The summed E-state index contributed by atoms with van der Waals surface area (Å²) < 4.78 is 0. The standard InChI is InChI=1S/C20H20O/c21-17(20-18-14-8-9-15(10-14)19(18)20)11-13-6-3-5-12-4-1-2-7-16(12)13/h1-7,14-15,18-20H,8-11H2. The van der Waals surface area contributed by atoms with E-state index in [2.05, 4.69) is 42.5 Å². The Balaban J connectivity index is 1.41. The number of carbonyl (C=O) groups excluding carboxylic acids is 1. The Bertz CT molecular complexity index is 710. The van der Waals surface area contributed by atoms with Crippen LogP contribution in [0.5, 0.6) is 0 Å². The van der Waals surface area contributed by atoms with E-state index >= 15 is 0 Å². The van der Waals surface area contributed by atoms with Crippen LogP contribution in [-0.4, -0.2) is 5.78 Å². The first-order valence-corrected chi connectivity index (χ1v) is 8.32. The third kappa shape index (κ3) is 1.67. The second kappa shape index (κ2) is 4.19. The highest BCUT2D eigenvalue weighted by atomic mass is 16.1. The number of hydrogen-bond donors (Lipinski definition) is 0. The number of ketones is 1. The molecule has 4 unspecified atom stereocenters. The zero-order chi connectivity index (χ0) is 14.0. The summed E-state index contributed by atoms with van der Waals surface area (Å²) in [5.41, 5.74) is 1.22. The summed E-state index contributed by atoms with van der Waals surface area (Å²) >= 11 is 0. The van der Waals surface area contributed by atoms with Crippen LogP contribution in [0.1, 0.15) is 24.8 Å². The van der Waals surface area contributed by atoms with Crippen LogP contribution in [0.3, 0.4) is 0 Å². The van der Waals surface area contributed by atoms with E-state index in [1.54, 1.807) is 0 Å². The highest BCUT2D eigenvalue weighted by Gasteiger charge is 2.66. The fraction of sp³-hybridized carbons (Fsp3) is 0.450. The zero-order valence-corrected chi connectivity index (χ0v) is 12.2. The summed E-state index contributed by atoms with van der Waals surface area (Å²) in [6.45, 7) is 0. The molecule has 0 radical (unpaired) electrons. The summed E-state index contributed by atoms with van der Waals surface area (Å²) in [5, 5.41) is 2.50. The molecule has 2 bridgehead atoms. The summed E-state index contributed by atoms with van der Waals surface area (Å²) in [6.07, 6.45) is 4.85. The topological polar surface area (TPSA) is 17.1 Å². The third-order valence-electron chi connectivity index (χ3n) is 6.35. The smallest absolute Gasteiger partial charge is 0.140 e. The van der Waals surface area contributed by atoms with Crippen molar-refractivity contribution in [1.29, 1.82) is 0 Å². The normalized spacial score (nSPS) is 35.9. The van der Waals surface area contributed by atoms with Gasteiger partial charge in [-0.05, 0) is 59.3 Å². The molecule has 0 saturated heterocycles. The molecule has 1 heteroatoms. The molecule has 0 spiro atoms. The molecule has 21 heavy (non-hydrogen) atoms. The number of fused-ring (bicyclic) bond motifs is 6. The molecule has 0 heterocycles. The van der Waals surface area contributed by atoms with Crippen molar-refractivity contribution in [3.63, 3.8) is 0 Å². The van der Waals surface area contributed by atoms with Crippen LogP contribution in [0, 0.1) is 29.6 Å². The lowest BCUT2D eigenvalue weighted by Gasteiger charge is -2.09. The van der Waals surface area contributed by atoms with Gasteiger partial charge in [0.2, 0.25) is 0 Å². The van der Waals surface area contributed by atoms with E-state index in [1.807, 2.05) is 0 Å². The van der Waals surface area contributed by atoms with E-state index in [4.69, 9.17) is 0 Å². The van der Waals surface area contributed by atoms with Crippen molar-refractivity contribution >= 4 is 16.6 Å². The first-order chi connectivity index (χ1) is 10.3. The van der Waals surface area contributed by atoms with Crippen molar-refractivity contribution < 1.29 is 4.79 Å². The highest BCUT2D eigenvalue weighted by molar-refractivity contribution is 5.93. The van der Waals surface area contributed by atoms with Gasteiger partial charge in [0, 0.05) is 12.3 Å². The molecule has 5 rings (SSSR count). The van der Waals surface area contributed by atoms with Crippen LogP contribution in [0.2, 0.25) is 0 Å². The first kappa shape index (κ1) is 12.0. The van der Waals surface area contributed by atoms with Gasteiger partial charge in [-0.2, -0.15) is 0 Å². The maximum atomic E-state index is 12.8. The number of Topliss-reactive ketones (excluding diaryl/α,β-unsaturated/α-hetero) is 1. The van der Waals surface area contributed by atoms with Crippen molar-refractivity contribution in [2.45, 2.75) is 25.7 Å². The Kier molecular flexibility index (Phi) is 2.39. The second-order valence-electron chi connectivity index (χ2n) is 7.30. The molecule has 3 fully saturated rings. The summed E-state index contributed by atoms with van der Waals surface area (Å²) in [4.78, 5) is 12.8. The molecule has 2 aromatic carbocycles. The van der Waals surface area contributed by atoms with E-state index < -0.39 is 0 Å². The van der Waals surface area contributed by atoms with E-state index in [0.29, 0.717) is 18.1 Å². The van der Waals surface area contributed by atoms with Crippen molar-refractivity contribution in [2.24, 2.45) is 29.6 Å². The lowest BCUT2D eigenvalue weighted by molar-refractivity contribution is -0.120. The second-order valence-corrected chi connectivity index (χ2v) is 7.30. The maximum Gasteiger partial charge on any atom is 0.140 e. The van der Waals surface area contributed by atoms with Crippen molar-refractivity contribution in [3.8, 4) is 0 Å². The third-order valence-corrected chi connectivity index (χ3v) is 6.35. The van der Waals surface area contributed by atoms with Crippen molar-refractivity contribution in [3.05, 3.63) is 48.0 Å². The molecule has 0 aliphatic heterocycles. The van der Waals surface area contributed by atoms with Gasteiger partial charge < -0.3 is 0 Å². The molecule has 0 aromatic heterocycles. The molecule has 106 valence electrons. The predicted octanol–water partition coefficient (Wildman–Crippen LogP) is 4.24. The molecular weight excluding hydrogens is 256 g/mol. The molecule has 3 aliphatic carbocycles. The number of rotatable bonds is 3. The van der Waals surface area contributed by atoms with Crippen LogP contribution < -0.4 is 0 Å². The van der Waals surface area contributed by atoms with Crippen LogP contribution in [0.25, 0.3) is 10.8 Å². The van der Waals surface area contributed by atoms with Gasteiger partial charge in [-0.15, -0.1) is 0 Å². The van der Waals surface area contributed by atoms with Gasteiger partial charge >= 0.3 is 0 Å². The Morgan fingerprint density at radius 2 is 1.67 bits per heavy atom. The first-order valence-electron chi connectivity index (χ1n) is 8.32. The quantitative estimate of drug-likeness (QED) is 0.819. The van der Waals surface area contributed by atoms with E-state index in [-0.39, 0.29) is 0 Å². The summed E-state index contributed by atoms with van der Waals surface area (Å²) in [6, 6.07) is 14.8. The molecular formula is C20H20O. The average Bonchev–Trinajstić information content (AvgIpc) is 2.96. The van der Waals surface area contributed by atoms with Crippen LogP contribution >= 0.6 is 0 Å². The monoisotopic (exact) mass is 276 g/mol. The van der Waals surface area contributed by atoms with Gasteiger partial charge in [-0.3, -0.25) is 4.79 Å². The number of hydrogen-bond acceptors (Lipinski definition) is 1. The minimum Gasteiger partial charge on any atom is -0.299 e. The van der Waals surface area contributed by atoms with Crippen molar-refractivity contribution in [1.82, 2.24) is 0 Å². The fourth-order valence-corrected chi connectivity index (χ4v) is 5.51. The Labute approximate surface area is 125 Å². The summed E-state index contributed by atoms with van der Waals surface area (Å²) in [5.74, 6) is 4.24. The molecule has 4 atom stereocenters. The molecule has 3 aliphatic rings. The van der Waals surface area contributed by atoms with Crippen molar-refractivity contribution in [2.75, 3.05) is 0 Å². The minimum absolute atomic E-state index is 0.412. The minimum atomic E-state index is 0.412. The molecule has 3 saturated carbocycles. The largest absolute Gasteiger partial charge is 0.299 e. The van der Waals surface area contributed by atoms with E-state index in [0.717, 1.165) is 23.7 Å². The van der Waals surface area contributed by atoms with Gasteiger partial charge in [0.15, 0.2) is 0 Å². The summed E-state index contributed by atoms with van der Waals surface area (Å²) in [7, 11) is 0. The lowest BCUT2D eigenvalue weighted by Crippen LogP contribution is -2.12. The molecule has 0 amide bonds. The Hall–Kier alpha value is -1.63. The van der Waals surface area contributed by atoms with Gasteiger partial charge in [-0.1, -0.05) is 42.5 Å². The predicted molar refractivity (Wildman–Crippen MR) is 84.0 cm³/mol. The SMILES string of the molecule is O=C(Cc1cccc2ccccc12)C1C2C3CCC(C3)C12. The molecule has 0 N–H and O–H groups in total. The number of benzene rings is 2. The van der Waals surface area contributed by atoms with Crippen LogP contribution in [0.4, 0.5) is 0 Å². The maximum absolute atomic E-state index is 12.8. The van der Waals surface area contributed by atoms with Gasteiger partial charge in [0.05, 0.1) is 0 Å². The molecule has 2 aromatic rings. The highest BCUT2D eigenvalue weighted by Crippen LogP contribution is 2.69. The lowest BCUT2D eigenvalue weighted by atomic mass is 9.94.